The Kier molecular flexibility index (Phi) is 4.73. The summed E-state index contributed by atoms with van der Waals surface area (Å²) in [6, 6.07) is 15.9. The zero-order chi connectivity index (χ0) is 16.1. The predicted molar refractivity (Wildman–Crippen MR) is 97.0 cm³/mol. The van der Waals surface area contributed by atoms with Crippen LogP contribution in [0.1, 0.15) is 5.56 Å². The van der Waals surface area contributed by atoms with Gasteiger partial charge in [0.25, 0.3) is 0 Å². The van der Waals surface area contributed by atoms with Gasteiger partial charge >= 0.3 is 0 Å². The first-order valence-corrected chi connectivity index (χ1v) is 7.78. The minimum absolute atomic E-state index is 0.553. The molecule has 2 aromatic carbocycles. The monoisotopic (exact) mass is 326 g/mol. The van der Waals surface area contributed by atoms with Crippen molar-refractivity contribution in [2.75, 3.05) is 19.0 Å². The van der Waals surface area contributed by atoms with Crippen LogP contribution in [0, 0.1) is 0 Å². The molecule has 1 aromatic heterocycles. The molecule has 0 aliphatic heterocycles. The molecule has 0 fully saturated rings. The fraction of sp³-hybridized carbons (Fsp3) is 0.176. The molecule has 0 saturated heterocycles. The van der Waals surface area contributed by atoms with E-state index in [1.165, 1.54) is 5.56 Å². The SMILES string of the molecule is COc1ccc(CCNC(=S)Nc2nc3ccccc3[nH]2)cc1. The number of thiocarbonyl (C=S) groups is 1. The normalized spacial score (nSPS) is 10.5. The zero-order valence-corrected chi connectivity index (χ0v) is 13.6. The Balaban J connectivity index is 1.49. The van der Waals surface area contributed by atoms with Crippen molar-refractivity contribution in [2.45, 2.75) is 6.42 Å². The van der Waals surface area contributed by atoms with E-state index in [4.69, 9.17) is 17.0 Å². The Hall–Kier alpha value is -2.60. The third-order valence-electron chi connectivity index (χ3n) is 3.48. The average Bonchev–Trinajstić information content (AvgIpc) is 2.97. The van der Waals surface area contributed by atoms with Gasteiger partial charge in [0.2, 0.25) is 5.95 Å². The number of para-hydroxylation sites is 2. The van der Waals surface area contributed by atoms with E-state index in [9.17, 15) is 0 Å². The standard InChI is InChI=1S/C17H18N4OS/c1-22-13-8-6-12(7-9-13)10-11-18-17(23)21-16-19-14-4-2-3-5-15(14)20-16/h2-9H,10-11H2,1H3,(H3,18,19,20,21,23). The van der Waals surface area contributed by atoms with Crippen molar-refractivity contribution in [3.8, 4) is 5.75 Å². The van der Waals surface area contributed by atoms with Crippen LogP contribution < -0.4 is 15.4 Å². The van der Waals surface area contributed by atoms with Gasteiger partial charge in [-0.05, 0) is 48.5 Å². The molecule has 0 saturated carbocycles. The van der Waals surface area contributed by atoms with Gasteiger partial charge < -0.3 is 20.4 Å². The molecule has 0 radical (unpaired) electrons. The molecule has 1 heterocycles. The van der Waals surface area contributed by atoms with Crippen LogP contribution in [0.5, 0.6) is 5.75 Å². The van der Waals surface area contributed by atoms with Crippen LogP contribution in [0.4, 0.5) is 5.95 Å². The van der Waals surface area contributed by atoms with E-state index in [2.05, 4.69) is 32.7 Å². The number of methoxy groups -OCH3 is 1. The van der Waals surface area contributed by atoms with Gasteiger partial charge in [-0.3, -0.25) is 0 Å². The summed E-state index contributed by atoms with van der Waals surface area (Å²) in [5.74, 6) is 1.51. The van der Waals surface area contributed by atoms with Crippen molar-refractivity contribution in [3.05, 3.63) is 54.1 Å². The van der Waals surface area contributed by atoms with Gasteiger partial charge in [0, 0.05) is 6.54 Å². The maximum Gasteiger partial charge on any atom is 0.207 e. The lowest BCUT2D eigenvalue weighted by Gasteiger charge is -2.08. The number of imidazole rings is 1. The van der Waals surface area contributed by atoms with Gasteiger partial charge in [-0.2, -0.15) is 0 Å². The predicted octanol–water partition coefficient (Wildman–Crippen LogP) is 3.10. The molecule has 0 aliphatic rings. The average molecular weight is 326 g/mol. The van der Waals surface area contributed by atoms with Crippen LogP contribution in [0.3, 0.4) is 0 Å². The highest BCUT2D eigenvalue weighted by atomic mass is 32.1. The number of rotatable bonds is 5. The van der Waals surface area contributed by atoms with E-state index in [0.29, 0.717) is 11.1 Å². The first-order chi connectivity index (χ1) is 11.2. The van der Waals surface area contributed by atoms with Gasteiger partial charge in [0.05, 0.1) is 18.1 Å². The lowest BCUT2D eigenvalue weighted by atomic mass is 10.1. The minimum Gasteiger partial charge on any atom is -0.497 e. The Morgan fingerprint density at radius 1 is 1.17 bits per heavy atom. The van der Waals surface area contributed by atoms with Crippen LogP contribution in [-0.2, 0) is 6.42 Å². The summed E-state index contributed by atoms with van der Waals surface area (Å²) in [7, 11) is 1.67. The smallest absolute Gasteiger partial charge is 0.207 e. The van der Waals surface area contributed by atoms with Crippen LogP contribution in [-0.4, -0.2) is 28.7 Å². The van der Waals surface area contributed by atoms with Crippen molar-refractivity contribution in [1.29, 1.82) is 0 Å². The molecule has 0 unspecified atom stereocenters. The third kappa shape index (κ3) is 3.98. The summed E-state index contributed by atoms with van der Waals surface area (Å²) in [6.45, 7) is 0.748. The number of hydrogen-bond acceptors (Lipinski definition) is 3. The van der Waals surface area contributed by atoms with E-state index in [1.807, 2.05) is 36.4 Å². The molecule has 0 bridgehead atoms. The van der Waals surface area contributed by atoms with Gasteiger partial charge in [-0.15, -0.1) is 0 Å². The lowest BCUT2D eigenvalue weighted by molar-refractivity contribution is 0.414. The summed E-state index contributed by atoms with van der Waals surface area (Å²) >= 11 is 5.29. The number of H-pyrrole nitrogens is 1. The first kappa shape index (κ1) is 15.3. The van der Waals surface area contributed by atoms with Crippen molar-refractivity contribution >= 4 is 34.3 Å². The fourth-order valence-corrected chi connectivity index (χ4v) is 2.48. The molecule has 6 heteroatoms. The van der Waals surface area contributed by atoms with Crippen LogP contribution in [0.2, 0.25) is 0 Å². The number of hydrogen-bond donors (Lipinski definition) is 3. The number of ether oxygens (including phenoxy) is 1. The number of fused-ring (bicyclic) bond motifs is 1. The molecule has 3 N–H and O–H groups in total. The van der Waals surface area contributed by atoms with E-state index < -0.39 is 0 Å². The summed E-state index contributed by atoms with van der Waals surface area (Å²) in [5.41, 5.74) is 3.12. The number of nitrogens with one attached hydrogen (secondary N) is 3. The van der Waals surface area contributed by atoms with Crippen molar-refractivity contribution in [2.24, 2.45) is 0 Å². The maximum atomic E-state index is 5.29. The second kappa shape index (κ2) is 7.11. The van der Waals surface area contributed by atoms with Gasteiger partial charge in [-0.1, -0.05) is 24.3 Å². The Morgan fingerprint density at radius 2 is 1.96 bits per heavy atom. The third-order valence-corrected chi connectivity index (χ3v) is 3.73. The highest BCUT2D eigenvalue weighted by Gasteiger charge is 2.03. The second-order valence-corrected chi connectivity index (χ2v) is 5.49. The van der Waals surface area contributed by atoms with Crippen molar-refractivity contribution in [3.63, 3.8) is 0 Å². The Morgan fingerprint density at radius 3 is 2.70 bits per heavy atom. The Bertz CT molecular complexity index is 765. The highest BCUT2D eigenvalue weighted by molar-refractivity contribution is 7.80. The molecule has 5 nitrogen and oxygen atoms in total. The van der Waals surface area contributed by atoms with Crippen molar-refractivity contribution in [1.82, 2.24) is 15.3 Å². The quantitative estimate of drug-likeness (QED) is 0.629. The lowest BCUT2D eigenvalue weighted by Crippen LogP contribution is -2.30. The summed E-state index contributed by atoms with van der Waals surface area (Å²) in [5, 5.41) is 6.80. The van der Waals surface area contributed by atoms with Crippen LogP contribution in [0.15, 0.2) is 48.5 Å². The van der Waals surface area contributed by atoms with Gasteiger partial charge in [-0.25, -0.2) is 4.98 Å². The molecule has 3 aromatic rings. The largest absolute Gasteiger partial charge is 0.497 e. The molecular weight excluding hydrogens is 308 g/mol. The summed E-state index contributed by atoms with van der Waals surface area (Å²) in [6.07, 6.45) is 0.881. The molecule has 0 aliphatic carbocycles. The van der Waals surface area contributed by atoms with Crippen molar-refractivity contribution < 1.29 is 4.74 Å². The van der Waals surface area contributed by atoms with E-state index in [-0.39, 0.29) is 0 Å². The molecule has 0 atom stereocenters. The molecule has 3 rings (SSSR count). The number of aromatic amines is 1. The fourth-order valence-electron chi connectivity index (χ4n) is 2.28. The molecular formula is C17H18N4OS. The topological polar surface area (TPSA) is 62.0 Å². The first-order valence-electron chi connectivity index (χ1n) is 7.37. The highest BCUT2D eigenvalue weighted by Crippen LogP contribution is 2.13. The molecule has 118 valence electrons. The molecule has 23 heavy (non-hydrogen) atoms. The van der Waals surface area contributed by atoms with Crippen LogP contribution in [0.25, 0.3) is 11.0 Å². The van der Waals surface area contributed by atoms with E-state index in [1.54, 1.807) is 7.11 Å². The van der Waals surface area contributed by atoms with Crippen LogP contribution >= 0.6 is 12.2 Å². The number of benzene rings is 2. The number of aromatic nitrogens is 2. The number of nitrogens with zero attached hydrogens (tertiary/aromatic N) is 1. The zero-order valence-electron chi connectivity index (χ0n) is 12.8. The molecule has 0 amide bonds. The Labute approximate surface area is 140 Å². The minimum atomic E-state index is 0.553. The summed E-state index contributed by atoms with van der Waals surface area (Å²) in [4.78, 5) is 7.61. The second-order valence-electron chi connectivity index (χ2n) is 5.08. The summed E-state index contributed by atoms with van der Waals surface area (Å²) < 4.78 is 5.15. The van der Waals surface area contributed by atoms with E-state index in [0.717, 1.165) is 29.7 Å². The maximum absolute atomic E-state index is 5.29. The molecule has 0 spiro atoms. The van der Waals surface area contributed by atoms with E-state index >= 15 is 0 Å². The number of anilines is 1. The van der Waals surface area contributed by atoms with Gasteiger partial charge in [0.15, 0.2) is 5.11 Å². The van der Waals surface area contributed by atoms with Gasteiger partial charge in [0.1, 0.15) is 5.75 Å².